The van der Waals surface area contributed by atoms with Gasteiger partial charge in [-0.25, -0.2) is 9.67 Å². The molecule has 1 aromatic heterocycles. The Bertz CT molecular complexity index is 624. The molecule has 0 aromatic carbocycles. The summed E-state index contributed by atoms with van der Waals surface area (Å²) in [4.78, 5) is 20.5. The van der Waals surface area contributed by atoms with E-state index >= 15 is 0 Å². The molecule has 0 bridgehead atoms. The lowest BCUT2D eigenvalue weighted by Crippen LogP contribution is -2.47. The average Bonchev–Trinajstić information content (AvgIpc) is 2.95. The Morgan fingerprint density at radius 3 is 2.92 bits per heavy atom. The summed E-state index contributed by atoms with van der Waals surface area (Å²) in [6.07, 6.45) is 1.79. The van der Waals surface area contributed by atoms with Crippen molar-refractivity contribution in [3.05, 3.63) is 11.6 Å². The topological polar surface area (TPSA) is 119 Å². The second kappa shape index (κ2) is 8.28. The van der Waals surface area contributed by atoms with Crippen LogP contribution in [0.3, 0.4) is 0 Å². The van der Waals surface area contributed by atoms with Gasteiger partial charge in [0.05, 0.1) is 18.5 Å². The van der Waals surface area contributed by atoms with Crippen LogP contribution < -0.4 is 16.4 Å². The molecule has 25 heavy (non-hydrogen) atoms. The fourth-order valence-electron chi connectivity index (χ4n) is 2.54. The summed E-state index contributed by atoms with van der Waals surface area (Å²) in [7, 11) is 1.64. The van der Waals surface area contributed by atoms with Gasteiger partial charge in [0.2, 0.25) is 5.91 Å². The minimum atomic E-state index is -0.678. The Labute approximate surface area is 148 Å². The number of carbonyl (C=O) groups excluding carboxylic acids is 1. The van der Waals surface area contributed by atoms with Crippen LogP contribution in [0.25, 0.3) is 0 Å². The monoisotopic (exact) mass is 351 g/mol. The molecule has 1 aliphatic heterocycles. The lowest BCUT2D eigenvalue weighted by atomic mass is 9.93. The largest absolute Gasteiger partial charge is 0.377 e. The number of nitrogens with two attached hydrogens (primary N) is 1. The number of nitrogens with zero attached hydrogens (tertiary/aromatic N) is 4. The minimum absolute atomic E-state index is 0.194. The van der Waals surface area contributed by atoms with Crippen LogP contribution in [0.15, 0.2) is 4.99 Å². The zero-order chi connectivity index (χ0) is 18.4. The van der Waals surface area contributed by atoms with E-state index in [-0.39, 0.29) is 11.9 Å². The van der Waals surface area contributed by atoms with Crippen LogP contribution in [0.1, 0.15) is 38.8 Å². The van der Waals surface area contributed by atoms with E-state index in [4.69, 9.17) is 10.5 Å². The maximum Gasteiger partial charge on any atom is 0.224 e. The first kappa shape index (κ1) is 19.2. The molecule has 1 amide bonds. The highest BCUT2D eigenvalue weighted by Crippen LogP contribution is 2.15. The first-order chi connectivity index (χ1) is 11.9. The van der Waals surface area contributed by atoms with Crippen molar-refractivity contribution in [2.75, 3.05) is 20.2 Å². The summed E-state index contributed by atoms with van der Waals surface area (Å²) in [6.45, 7) is 7.80. The number of primary amides is 1. The molecule has 0 aliphatic carbocycles. The van der Waals surface area contributed by atoms with E-state index in [0.717, 1.165) is 31.8 Å². The molecule has 1 aliphatic rings. The van der Waals surface area contributed by atoms with Gasteiger partial charge in [-0.3, -0.25) is 9.79 Å². The van der Waals surface area contributed by atoms with Crippen LogP contribution >= 0.6 is 0 Å². The number of fused-ring (bicyclic) bond motifs is 1. The van der Waals surface area contributed by atoms with E-state index in [9.17, 15) is 4.79 Å². The number of carbonyl (C=O) groups is 1. The first-order valence-corrected chi connectivity index (χ1v) is 8.62. The van der Waals surface area contributed by atoms with Crippen molar-refractivity contribution in [2.24, 2.45) is 16.1 Å². The third kappa shape index (κ3) is 5.15. The fraction of sp³-hybridized carbons (Fsp3) is 0.750. The Hall–Kier alpha value is -2.16. The number of guanidine groups is 1. The molecule has 140 valence electrons. The molecule has 0 spiro atoms. The smallest absolute Gasteiger partial charge is 0.224 e. The second-order valence-electron chi connectivity index (χ2n) is 6.88. The van der Waals surface area contributed by atoms with Crippen LogP contribution in [0.2, 0.25) is 0 Å². The Balaban J connectivity index is 2.01. The highest BCUT2D eigenvalue weighted by molar-refractivity contribution is 5.82. The number of methoxy groups -OCH3 is 1. The van der Waals surface area contributed by atoms with Crippen molar-refractivity contribution in [3.63, 3.8) is 0 Å². The number of amides is 1. The summed E-state index contributed by atoms with van der Waals surface area (Å²) in [5.41, 5.74) is 4.74. The van der Waals surface area contributed by atoms with Gasteiger partial charge in [-0.05, 0) is 27.2 Å². The summed E-state index contributed by atoms with van der Waals surface area (Å²) in [5.74, 6) is 2.02. The lowest BCUT2D eigenvalue weighted by Gasteiger charge is -2.26. The van der Waals surface area contributed by atoms with E-state index in [1.54, 1.807) is 21.0 Å². The molecule has 0 saturated carbocycles. The predicted octanol–water partition coefficient (Wildman–Crippen LogP) is -0.194. The maximum atomic E-state index is 11.5. The van der Waals surface area contributed by atoms with Crippen LogP contribution in [0, 0.1) is 5.41 Å². The van der Waals surface area contributed by atoms with E-state index in [1.165, 1.54) is 0 Å². The molecule has 9 nitrogen and oxygen atoms in total. The number of ether oxygens (including phenoxy) is 1. The third-order valence-corrected chi connectivity index (χ3v) is 4.16. The highest BCUT2D eigenvalue weighted by Gasteiger charge is 2.26. The molecule has 0 saturated heterocycles. The number of aliphatic imine (C=N–C) groups is 1. The Morgan fingerprint density at radius 2 is 2.28 bits per heavy atom. The van der Waals surface area contributed by atoms with Crippen molar-refractivity contribution >= 4 is 11.9 Å². The SMILES string of the molecule is CCNC(=NCC(C)(C)C(N)=O)NC1CCc2nc(COC)nn2C1. The predicted molar refractivity (Wildman–Crippen MR) is 94.9 cm³/mol. The van der Waals surface area contributed by atoms with Crippen LogP contribution in [-0.2, 0) is 29.1 Å². The molecule has 0 fully saturated rings. The number of hydrogen-bond donors (Lipinski definition) is 3. The standard InChI is InChI=1S/C16H29N7O2/c1-5-18-15(19-10-16(2,3)14(17)24)20-11-6-7-13-21-12(9-25-4)22-23(13)8-11/h11H,5-10H2,1-4H3,(H2,17,24)(H2,18,19,20). The Kier molecular flexibility index (Phi) is 6.35. The van der Waals surface area contributed by atoms with Crippen molar-refractivity contribution in [2.45, 2.75) is 52.8 Å². The summed E-state index contributed by atoms with van der Waals surface area (Å²) >= 11 is 0. The van der Waals surface area contributed by atoms with E-state index in [1.807, 2.05) is 11.6 Å². The Morgan fingerprint density at radius 1 is 1.52 bits per heavy atom. The summed E-state index contributed by atoms with van der Waals surface area (Å²) < 4.78 is 7.01. The van der Waals surface area contributed by atoms with Gasteiger partial charge >= 0.3 is 0 Å². The second-order valence-corrected chi connectivity index (χ2v) is 6.88. The van der Waals surface area contributed by atoms with E-state index < -0.39 is 5.41 Å². The summed E-state index contributed by atoms with van der Waals surface area (Å²) in [5, 5.41) is 11.1. The minimum Gasteiger partial charge on any atom is -0.377 e. The molecular formula is C16H29N7O2. The molecule has 2 heterocycles. The molecule has 1 aromatic rings. The molecule has 2 rings (SSSR count). The zero-order valence-corrected chi connectivity index (χ0v) is 15.5. The van der Waals surface area contributed by atoms with Crippen LogP contribution in [-0.4, -0.2) is 52.9 Å². The molecule has 1 atom stereocenters. The molecule has 0 radical (unpaired) electrons. The van der Waals surface area contributed by atoms with Crippen molar-refractivity contribution in [1.82, 2.24) is 25.4 Å². The maximum absolute atomic E-state index is 11.5. The molecule has 4 N–H and O–H groups in total. The molecule has 1 unspecified atom stereocenters. The number of aromatic nitrogens is 3. The van der Waals surface area contributed by atoms with Crippen molar-refractivity contribution in [1.29, 1.82) is 0 Å². The lowest BCUT2D eigenvalue weighted by molar-refractivity contribution is -0.125. The van der Waals surface area contributed by atoms with Crippen molar-refractivity contribution < 1.29 is 9.53 Å². The third-order valence-electron chi connectivity index (χ3n) is 4.16. The van der Waals surface area contributed by atoms with Gasteiger partial charge in [0.25, 0.3) is 0 Å². The van der Waals surface area contributed by atoms with Gasteiger partial charge < -0.3 is 21.1 Å². The summed E-state index contributed by atoms with van der Waals surface area (Å²) in [6, 6.07) is 0.194. The van der Waals surface area contributed by atoms with Gasteiger partial charge in [-0.2, -0.15) is 5.10 Å². The van der Waals surface area contributed by atoms with Gasteiger partial charge in [0, 0.05) is 26.1 Å². The number of nitrogens with one attached hydrogen (secondary N) is 2. The zero-order valence-electron chi connectivity index (χ0n) is 15.5. The first-order valence-electron chi connectivity index (χ1n) is 8.62. The van der Waals surface area contributed by atoms with E-state index in [0.29, 0.717) is 24.9 Å². The van der Waals surface area contributed by atoms with Crippen LogP contribution in [0.4, 0.5) is 0 Å². The van der Waals surface area contributed by atoms with Crippen LogP contribution in [0.5, 0.6) is 0 Å². The van der Waals surface area contributed by atoms with Gasteiger partial charge in [-0.1, -0.05) is 0 Å². The van der Waals surface area contributed by atoms with Gasteiger partial charge in [0.15, 0.2) is 11.8 Å². The fourth-order valence-corrected chi connectivity index (χ4v) is 2.54. The highest BCUT2D eigenvalue weighted by atomic mass is 16.5. The number of aryl methyl sites for hydroxylation is 1. The van der Waals surface area contributed by atoms with Gasteiger partial charge in [0.1, 0.15) is 12.4 Å². The molecular weight excluding hydrogens is 322 g/mol. The van der Waals surface area contributed by atoms with E-state index in [2.05, 4.69) is 25.7 Å². The number of rotatable bonds is 7. The average molecular weight is 351 g/mol. The normalized spacial score (nSPS) is 17.9. The van der Waals surface area contributed by atoms with Gasteiger partial charge in [-0.15, -0.1) is 0 Å². The van der Waals surface area contributed by atoms with Crippen molar-refractivity contribution in [3.8, 4) is 0 Å². The molecule has 9 heteroatoms. The quantitative estimate of drug-likeness (QED) is 0.462. The number of hydrogen-bond acceptors (Lipinski definition) is 5.